The number of hydrogen-bond donors (Lipinski definition) is 1. The molecule has 1 rings (SSSR count). The van der Waals surface area contributed by atoms with Gasteiger partial charge in [-0.05, 0) is 19.3 Å². The number of carbonyl (C=O) groups excluding carboxylic acids is 2. The van der Waals surface area contributed by atoms with Crippen molar-refractivity contribution in [3.8, 4) is 0 Å². The standard InChI is InChI=1S/C15H29N3O2/c1-4-7-16-14(19)12-17-8-10-18(11-9-17)15(20)13(5-2)6-3/h13H,4-12H2,1-3H3,(H,16,19). The number of nitrogens with zero attached hydrogens (tertiary/aromatic N) is 2. The summed E-state index contributed by atoms with van der Waals surface area (Å²) in [6, 6.07) is 0. The Hall–Kier alpha value is -1.10. The highest BCUT2D eigenvalue weighted by Crippen LogP contribution is 2.13. The van der Waals surface area contributed by atoms with E-state index in [4.69, 9.17) is 0 Å². The van der Waals surface area contributed by atoms with Gasteiger partial charge >= 0.3 is 0 Å². The maximum Gasteiger partial charge on any atom is 0.234 e. The summed E-state index contributed by atoms with van der Waals surface area (Å²) in [6.07, 6.45) is 2.79. The van der Waals surface area contributed by atoms with Gasteiger partial charge in [0.15, 0.2) is 0 Å². The zero-order chi connectivity index (χ0) is 15.0. The third-order valence-corrected chi connectivity index (χ3v) is 3.96. The highest BCUT2D eigenvalue weighted by atomic mass is 16.2. The molecule has 5 heteroatoms. The smallest absolute Gasteiger partial charge is 0.234 e. The maximum atomic E-state index is 12.3. The second-order valence-electron chi connectivity index (χ2n) is 5.46. The van der Waals surface area contributed by atoms with Crippen LogP contribution in [-0.4, -0.2) is 60.9 Å². The second kappa shape index (κ2) is 8.95. The molecule has 0 atom stereocenters. The van der Waals surface area contributed by atoms with Gasteiger partial charge in [-0.1, -0.05) is 20.8 Å². The summed E-state index contributed by atoms with van der Waals surface area (Å²) in [5.74, 6) is 0.533. The van der Waals surface area contributed by atoms with Crippen molar-refractivity contribution in [2.75, 3.05) is 39.3 Å². The van der Waals surface area contributed by atoms with E-state index in [1.54, 1.807) is 0 Å². The summed E-state index contributed by atoms with van der Waals surface area (Å²) in [6.45, 7) is 10.5. The molecule has 0 unspecified atom stereocenters. The van der Waals surface area contributed by atoms with Crippen LogP contribution in [0.3, 0.4) is 0 Å². The number of nitrogens with one attached hydrogen (secondary N) is 1. The summed E-state index contributed by atoms with van der Waals surface area (Å²) in [4.78, 5) is 28.0. The highest BCUT2D eigenvalue weighted by Gasteiger charge is 2.25. The number of hydrogen-bond acceptors (Lipinski definition) is 3. The lowest BCUT2D eigenvalue weighted by Gasteiger charge is -2.35. The van der Waals surface area contributed by atoms with Crippen molar-refractivity contribution in [1.82, 2.24) is 15.1 Å². The van der Waals surface area contributed by atoms with Crippen LogP contribution < -0.4 is 5.32 Å². The summed E-state index contributed by atoms with van der Waals surface area (Å²) >= 11 is 0. The first kappa shape index (κ1) is 17.0. The lowest BCUT2D eigenvalue weighted by molar-refractivity contribution is -0.137. The maximum absolute atomic E-state index is 12.3. The molecule has 0 aliphatic carbocycles. The minimum atomic E-state index is 0.0895. The van der Waals surface area contributed by atoms with E-state index in [2.05, 4.69) is 24.1 Å². The Bertz CT molecular complexity index is 308. The minimum Gasteiger partial charge on any atom is -0.355 e. The lowest BCUT2D eigenvalue weighted by Crippen LogP contribution is -2.52. The zero-order valence-corrected chi connectivity index (χ0v) is 13.2. The molecule has 0 aromatic rings. The number of amides is 2. The van der Waals surface area contributed by atoms with Crippen LogP contribution in [0.15, 0.2) is 0 Å². The van der Waals surface area contributed by atoms with E-state index in [0.717, 1.165) is 52.0 Å². The van der Waals surface area contributed by atoms with Gasteiger partial charge in [0, 0.05) is 38.6 Å². The molecule has 0 saturated carbocycles. The zero-order valence-electron chi connectivity index (χ0n) is 13.2. The average Bonchev–Trinajstić information content (AvgIpc) is 2.47. The molecule has 0 bridgehead atoms. The van der Waals surface area contributed by atoms with Crippen molar-refractivity contribution in [3.63, 3.8) is 0 Å². The van der Waals surface area contributed by atoms with Crippen molar-refractivity contribution in [2.24, 2.45) is 5.92 Å². The molecule has 1 heterocycles. The fourth-order valence-corrected chi connectivity index (χ4v) is 2.55. The molecule has 1 fully saturated rings. The fraction of sp³-hybridized carbons (Fsp3) is 0.867. The molecule has 1 aliphatic rings. The van der Waals surface area contributed by atoms with Crippen molar-refractivity contribution in [1.29, 1.82) is 0 Å². The van der Waals surface area contributed by atoms with E-state index in [1.807, 2.05) is 11.8 Å². The molecule has 2 amide bonds. The second-order valence-corrected chi connectivity index (χ2v) is 5.46. The first-order valence-electron chi connectivity index (χ1n) is 7.90. The van der Waals surface area contributed by atoms with Crippen LogP contribution in [0.5, 0.6) is 0 Å². The average molecular weight is 283 g/mol. The van der Waals surface area contributed by atoms with Crippen LogP contribution in [-0.2, 0) is 9.59 Å². The highest BCUT2D eigenvalue weighted by molar-refractivity contribution is 5.79. The molecule has 0 spiro atoms. The molecule has 0 radical (unpaired) electrons. The molecule has 0 aromatic heterocycles. The van der Waals surface area contributed by atoms with Gasteiger partial charge in [0.25, 0.3) is 0 Å². The van der Waals surface area contributed by atoms with Crippen molar-refractivity contribution in [3.05, 3.63) is 0 Å². The molecular formula is C15H29N3O2. The molecule has 0 aromatic carbocycles. The van der Waals surface area contributed by atoms with E-state index in [9.17, 15) is 9.59 Å². The monoisotopic (exact) mass is 283 g/mol. The Morgan fingerprint density at radius 2 is 1.65 bits per heavy atom. The van der Waals surface area contributed by atoms with Crippen LogP contribution in [0.4, 0.5) is 0 Å². The largest absolute Gasteiger partial charge is 0.355 e. The van der Waals surface area contributed by atoms with E-state index in [0.29, 0.717) is 6.54 Å². The molecule has 1 aliphatic heterocycles. The number of piperazine rings is 1. The fourth-order valence-electron chi connectivity index (χ4n) is 2.55. The quantitative estimate of drug-likeness (QED) is 0.761. The van der Waals surface area contributed by atoms with Gasteiger partial charge in [-0.15, -0.1) is 0 Å². The van der Waals surface area contributed by atoms with Gasteiger partial charge in [0.2, 0.25) is 11.8 Å². The van der Waals surface area contributed by atoms with Gasteiger partial charge in [-0.25, -0.2) is 0 Å². The minimum absolute atomic E-state index is 0.0895. The van der Waals surface area contributed by atoms with E-state index in [-0.39, 0.29) is 17.7 Å². The Kier molecular flexibility index (Phi) is 7.59. The molecule has 116 valence electrons. The van der Waals surface area contributed by atoms with Gasteiger partial charge in [-0.2, -0.15) is 0 Å². The third-order valence-electron chi connectivity index (χ3n) is 3.96. The first-order valence-corrected chi connectivity index (χ1v) is 7.90. The molecule has 20 heavy (non-hydrogen) atoms. The van der Waals surface area contributed by atoms with E-state index >= 15 is 0 Å². The van der Waals surface area contributed by atoms with Crippen molar-refractivity contribution < 1.29 is 9.59 Å². The summed E-state index contributed by atoms with van der Waals surface area (Å²) in [5.41, 5.74) is 0. The van der Waals surface area contributed by atoms with E-state index < -0.39 is 0 Å². The van der Waals surface area contributed by atoms with Gasteiger partial charge in [-0.3, -0.25) is 14.5 Å². The summed E-state index contributed by atoms with van der Waals surface area (Å²) in [7, 11) is 0. The molecule has 1 saturated heterocycles. The van der Waals surface area contributed by atoms with Crippen molar-refractivity contribution in [2.45, 2.75) is 40.0 Å². The predicted octanol–water partition coefficient (Wildman–Crippen LogP) is 1.09. The van der Waals surface area contributed by atoms with Crippen LogP contribution in [0.25, 0.3) is 0 Å². The van der Waals surface area contributed by atoms with Crippen LogP contribution >= 0.6 is 0 Å². The van der Waals surface area contributed by atoms with Crippen LogP contribution in [0, 0.1) is 5.92 Å². The van der Waals surface area contributed by atoms with Crippen LogP contribution in [0.1, 0.15) is 40.0 Å². The third kappa shape index (κ3) is 5.12. The van der Waals surface area contributed by atoms with Gasteiger partial charge in [0.1, 0.15) is 0 Å². The Labute approximate surface area is 122 Å². The topological polar surface area (TPSA) is 52.7 Å². The summed E-state index contributed by atoms with van der Waals surface area (Å²) in [5, 5.41) is 2.89. The Morgan fingerprint density at radius 3 is 2.15 bits per heavy atom. The van der Waals surface area contributed by atoms with Crippen LogP contribution in [0.2, 0.25) is 0 Å². The van der Waals surface area contributed by atoms with E-state index in [1.165, 1.54) is 0 Å². The summed E-state index contributed by atoms with van der Waals surface area (Å²) < 4.78 is 0. The van der Waals surface area contributed by atoms with Crippen molar-refractivity contribution >= 4 is 11.8 Å². The van der Waals surface area contributed by atoms with Gasteiger partial charge in [0.05, 0.1) is 6.54 Å². The number of carbonyl (C=O) groups is 2. The SMILES string of the molecule is CCCNC(=O)CN1CCN(C(=O)C(CC)CC)CC1. The van der Waals surface area contributed by atoms with Gasteiger partial charge < -0.3 is 10.2 Å². The molecular weight excluding hydrogens is 254 g/mol. The Balaban J connectivity index is 2.32. The predicted molar refractivity (Wildman–Crippen MR) is 80.4 cm³/mol. The lowest BCUT2D eigenvalue weighted by atomic mass is 10.0. The number of rotatable bonds is 7. The Morgan fingerprint density at radius 1 is 1.05 bits per heavy atom. The molecule has 5 nitrogen and oxygen atoms in total. The first-order chi connectivity index (χ1) is 9.62. The molecule has 1 N–H and O–H groups in total. The normalized spacial score (nSPS) is 16.5.